The fourth-order valence-corrected chi connectivity index (χ4v) is 6.09. The summed E-state index contributed by atoms with van der Waals surface area (Å²) < 4.78 is 23.7. The van der Waals surface area contributed by atoms with Gasteiger partial charge in [-0.2, -0.15) is 0 Å². The summed E-state index contributed by atoms with van der Waals surface area (Å²) >= 11 is 7.48. The molecule has 0 saturated heterocycles. The maximum Gasteiger partial charge on any atom is 0.344 e. The Kier molecular flexibility index (Phi) is 10.2. The third-order valence-electron chi connectivity index (χ3n) is 6.79. The number of halogens is 1. The van der Waals surface area contributed by atoms with Crippen LogP contribution in [0.15, 0.2) is 88.2 Å². The maximum absolute atomic E-state index is 14.2. The zero-order valence-corrected chi connectivity index (χ0v) is 26.5. The van der Waals surface area contributed by atoms with Crippen molar-refractivity contribution < 1.29 is 28.5 Å². The number of hydrogen-bond acceptors (Lipinski definition) is 9. The number of nitrogens with zero attached hydrogens (tertiary/aromatic N) is 2. The van der Waals surface area contributed by atoms with Gasteiger partial charge >= 0.3 is 11.9 Å². The van der Waals surface area contributed by atoms with E-state index in [1.807, 2.05) is 49.4 Å². The van der Waals surface area contributed by atoms with Crippen molar-refractivity contribution in [2.24, 2.45) is 4.99 Å². The zero-order chi connectivity index (χ0) is 31.9. The molecule has 11 heteroatoms. The van der Waals surface area contributed by atoms with Gasteiger partial charge in [0.1, 0.15) is 11.5 Å². The quantitative estimate of drug-likeness (QED) is 0.213. The number of thiazole rings is 1. The number of hydrogen-bond donors (Lipinski definition) is 0. The van der Waals surface area contributed by atoms with Crippen LogP contribution in [0.4, 0.5) is 0 Å². The summed E-state index contributed by atoms with van der Waals surface area (Å²) in [5.74, 6) is -0.0840. The van der Waals surface area contributed by atoms with Gasteiger partial charge in [0.05, 0.1) is 41.7 Å². The van der Waals surface area contributed by atoms with Crippen LogP contribution in [0.5, 0.6) is 11.5 Å². The average Bonchev–Trinajstić information content (AvgIpc) is 3.35. The molecule has 0 radical (unpaired) electrons. The Hall–Kier alpha value is -4.67. The van der Waals surface area contributed by atoms with E-state index in [-0.39, 0.29) is 31.0 Å². The Morgan fingerprint density at radius 1 is 0.933 bits per heavy atom. The highest BCUT2D eigenvalue weighted by molar-refractivity contribution is 7.07. The third-order valence-corrected chi connectivity index (χ3v) is 8.01. The van der Waals surface area contributed by atoms with Crippen molar-refractivity contribution in [3.63, 3.8) is 0 Å². The molecule has 1 aromatic heterocycles. The molecule has 2 heterocycles. The lowest BCUT2D eigenvalue weighted by molar-refractivity contribution is -0.145. The fourth-order valence-electron chi connectivity index (χ4n) is 4.91. The lowest BCUT2D eigenvalue weighted by Gasteiger charge is -2.26. The second-order valence-electron chi connectivity index (χ2n) is 9.71. The summed E-state index contributed by atoms with van der Waals surface area (Å²) in [5.41, 5.74) is 2.16. The summed E-state index contributed by atoms with van der Waals surface area (Å²) in [6, 6.07) is 20.6. The Bertz CT molecular complexity index is 1910. The second-order valence-corrected chi connectivity index (χ2v) is 11.2. The standard InChI is InChI=1S/C34H31ClN2O7S/c1-4-41-25-15-12-22(13-16-25)31-29(33(40)43-6-3)30(21-10-8-7-9-11-21)36-34-37(31)32(39)27(45-34)19-23-18-24(35)14-17-26(23)44-20-28(38)42-5-2/h7-19,31H,4-6,20H2,1-3H3/b27-19-/t31-/m1/s1. The second kappa shape index (κ2) is 14.4. The van der Waals surface area contributed by atoms with Crippen LogP contribution >= 0.6 is 22.9 Å². The minimum Gasteiger partial charge on any atom is -0.494 e. The van der Waals surface area contributed by atoms with Gasteiger partial charge < -0.3 is 18.9 Å². The molecule has 5 rings (SSSR count). The van der Waals surface area contributed by atoms with E-state index in [1.54, 1.807) is 50.3 Å². The van der Waals surface area contributed by atoms with Crippen LogP contribution in [-0.4, -0.2) is 42.9 Å². The van der Waals surface area contributed by atoms with E-state index >= 15 is 0 Å². The summed E-state index contributed by atoms with van der Waals surface area (Å²) in [6.07, 6.45) is 1.64. The van der Waals surface area contributed by atoms with Gasteiger partial charge in [-0.1, -0.05) is 65.4 Å². The summed E-state index contributed by atoms with van der Waals surface area (Å²) in [4.78, 5) is 45.1. The molecule has 232 valence electrons. The molecular formula is C34H31ClN2O7S. The van der Waals surface area contributed by atoms with Crippen LogP contribution in [0.2, 0.25) is 5.02 Å². The number of carbonyl (C=O) groups excluding carboxylic acids is 2. The first-order chi connectivity index (χ1) is 21.8. The minimum atomic E-state index is -0.841. The third kappa shape index (κ3) is 7.02. The molecule has 4 aromatic rings. The average molecular weight is 647 g/mol. The highest BCUT2D eigenvalue weighted by Gasteiger charge is 2.35. The van der Waals surface area contributed by atoms with Crippen LogP contribution in [0.25, 0.3) is 11.8 Å². The molecular weight excluding hydrogens is 616 g/mol. The summed E-state index contributed by atoms with van der Waals surface area (Å²) in [7, 11) is 0. The van der Waals surface area contributed by atoms with Gasteiger partial charge in [-0.05, 0) is 62.7 Å². The number of fused-ring (bicyclic) bond motifs is 1. The Morgan fingerprint density at radius 3 is 2.36 bits per heavy atom. The number of rotatable bonds is 11. The molecule has 0 saturated carbocycles. The highest BCUT2D eigenvalue weighted by atomic mass is 35.5. The van der Waals surface area contributed by atoms with Crippen molar-refractivity contribution >= 4 is 46.6 Å². The van der Waals surface area contributed by atoms with Crippen LogP contribution in [-0.2, 0) is 19.1 Å². The SMILES string of the molecule is CCOC(=O)COc1ccc(Cl)cc1/C=c1\sc2n(c1=O)[C@H](c1ccc(OCC)cc1)C(C(=O)OCC)=C(c1ccccc1)N=2. The molecule has 0 bridgehead atoms. The lowest BCUT2D eigenvalue weighted by Crippen LogP contribution is -2.40. The largest absolute Gasteiger partial charge is 0.494 e. The molecule has 9 nitrogen and oxygen atoms in total. The number of benzene rings is 3. The molecule has 45 heavy (non-hydrogen) atoms. The van der Waals surface area contributed by atoms with Crippen LogP contribution in [0.1, 0.15) is 43.5 Å². The van der Waals surface area contributed by atoms with E-state index in [9.17, 15) is 14.4 Å². The van der Waals surface area contributed by atoms with E-state index in [1.165, 1.54) is 15.9 Å². The molecule has 1 aliphatic rings. The first-order valence-electron chi connectivity index (χ1n) is 14.4. The first-order valence-corrected chi connectivity index (χ1v) is 15.6. The Labute approximate surface area is 268 Å². The van der Waals surface area contributed by atoms with E-state index in [0.717, 1.165) is 0 Å². The molecule has 1 atom stereocenters. The normalized spacial score (nSPS) is 14.4. The molecule has 0 amide bonds. The summed E-state index contributed by atoms with van der Waals surface area (Å²) in [6.45, 7) is 5.90. The van der Waals surface area contributed by atoms with Gasteiger partial charge in [0.25, 0.3) is 5.56 Å². The predicted octanol–water partition coefficient (Wildman–Crippen LogP) is 4.93. The monoisotopic (exact) mass is 646 g/mol. The summed E-state index contributed by atoms with van der Waals surface area (Å²) in [5, 5.41) is 0.417. The molecule has 0 spiro atoms. The molecule has 0 fully saturated rings. The van der Waals surface area contributed by atoms with Crippen molar-refractivity contribution in [2.45, 2.75) is 26.8 Å². The molecule has 3 aromatic carbocycles. The first kappa shape index (κ1) is 31.7. The van der Waals surface area contributed by atoms with Crippen molar-refractivity contribution in [1.82, 2.24) is 4.57 Å². The number of carbonyl (C=O) groups is 2. The molecule has 0 aliphatic carbocycles. The Balaban J connectivity index is 1.73. The van der Waals surface area contributed by atoms with E-state index < -0.39 is 18.0 Å². The predicted molar refractivity (Wildman–Crippen MR) is 172 cm³/mol. The van der Waals surface area contributed by atoms with Gasteiger partial charge in [0.15, 0.2) is 11.4 Å². The van der Waals surface area contributed by atoms with Crippen molar-refractivity contribution in [2.75, 3.05) is 26.4 Å². The topological polar surface area (TPSA) is 105 Å². The molecule has 1 aliphatic heterocycles. The van der Waals surface area contributed by atoms with Crippen molar-refractivity contribution in [3.8, 4) is 11.5 Å². The number of esters is 2. The van der Waals surface area contributed by atoms with Crippen LogP contribution < -0.4 is 24.4 Å². The lowest BCUT2D eigenvalue weighted by atomic mass is 9.93. The van der Waals surface area contributed by atoms with E-state index in [4.69, 9.17) is 35.5 Å². The van der Waals surface area contributed by atoms with Gasteiger partial charge in [0, 0.05) is 16.1 Å². The Morgan fingerprint density at radius 2 is 1.67 bits per heavy atom. The number of ether oxygens (including phenoxy) is 4. The van der Waals surface area contributed by atoms with Crippen LogP contribution in [0, 0.1) is 0 Å². The van der Waals surface area contributed by atoms with Gasteiger partial charge in [0.2, 0.25) is 0 Å². The maximum atomic E-state index is 14.2. The molecule has 0 unspecified atom stereocenters. The van der Waals surface area contributed by atoms with Gasteiger partial charge in [-0.15, -0.1) is 0 Å². The van der Waals surface area contributed by atoms with Gasteiger partial charge in [-0.25, -0.2) is 14.6 Å². The van der Waals surface area contributed by atoms with Crippen molar-refractivity contribution in [3.05, 3.63) is 120 Å². The smallest absolute Gasteiger partial charge is 0.344 e. The highest BCUT2D eigenvalue weighted by Crippen LogP contribution is 2.35. The van der Waals surface area contributed by atoms with E-state index in [2.05, 4.69) is 0 Å². The van der Waals surface area contributed by atoms with Crippen molar-refractivity contribution in [1.29, 1.82) is 0 Å². The fraction of sp³-hybridized carbons (Fsp3) is 0.235. The number of aromatic nitrogens is 1. The zero-order valence-electron chi connectivity index (χ0n) is 24.9. The van der Waals surface area contributed by atoms with Crippen LogP contribution in [0.3, 0.4) is 0 Å². The molecule has 0 N–H and O–H groups in total. The van der Waals surface area contributed by atoms with Gasteiger partial charge in [-0.3, -0.25) is 9.36 Å². The van der Waals surface area contributed by atoms with E-state index in [0.29, 0.717) is 54.8 Å². The minimum absolute atomic E-state index is 0.147.